The minimum absolute atomic E-state index is 0.0468. The van der Waals surface area contributed by atoms with Gasteiger partial charge in [-0.2, -0.15) is 0 Å². The second kappa shape index (κ2) is 8.14. The van der Waals surface area contributed by atoms with Crippen LogP contribution in [0.25, 0.3) is 0 Å². The van der Waals surface area contributed by atoms with E-state index in [0.29, 0.717) is 0 Å². The Hall–Kier alpha value is -1.05. The fraction of sp³-hybridized carbons (Fsp3) is 0.643. The highest BCUT2D eigenvalue weighted by Gasteiger charge is 2.17. The van der Waals surface area contributed by atoms with Crippen LogP contribution in [0.3, 0.4) is 0 Å². The predicted molar refractivity (Wildman–Crippen MR) is 66.1 cm³/mol. The molecule has 0 heterocycles. The maximum absolute atomic E-state index is 11.5. The number of carbonyl (C=O) groups is 1. The average Bonchev–Trinajstić information content (AvgIpc) is 2.29. The van der Waals surface area contributed by atoms with E-state index in [4.69, 9.17) is 4.74 Å². The molecule has 2 nitrogen and oxygen atoms in total. The van der Waals surface area contributed by atoms with Gasteiger partial charge in [-0.3, -0.25) is 4.79 Å². The molecule has 0 saturated heterocycles. The Morgan fingerprint density at radius 1 is 1.00 bits per heavy atom. The van der Waals surface area contributed by atoms with Crippen molar-refractivity contribution in [3.05, 3.63) is 24.3 Å². The quantitative estimate of drug-likeness (QED) is 0.500. The molecule has 90 valence electrons. The van der Waals surface area contributed by atoms with E-state index in [1.807, 2.05) is 0 Å². The summed E-state index contributed by atoms with van der Waals surface area (Å²) in [6.07, 6.45) is 16.1. The standard InChI is InChI=1S/C14H22O2/c1-16-14(15)13-11-9-7-5-3-2-4-6-8-10-12-13/h3,5-6,8,13H,2,4,7,9-12H2,1H3/b5-3+,8-6+. The first-order valence-electron chi connectivity index (χ1n) is 6.22. The predicted octanol–water partition coefficient (Wildman–Crippen LogP) is 3.63. The normalized spacial score (nSPS) is 27.2. The van der Waals surface area contributed by atoms with Crippen LogP contribution in [-0.4, -0.2) is 13.1 Å². The molecule has 1 unspecified atom stereocenters. The lowest BCUT2D eigenvalue weighted by Gasteiger charge is -2.13. The summed E-state index contributed by atoms with van der Waals surface area (Å²) < 4.78 is 4.83. The Morgan fingerprint density at radius 2 is 1.62 bits per heavy atom. The van der Waals surface area contributed by atoms with Gasteiger partial charge in [-0.25, -0.2) is 0 Å². The fourth-order valence-corrected chi connectivity index (χ4v) is 1.99. The van der Waals surface area contributed by atoms with Crippen molar-refractivity contribution in [3.63, 3.8) is 0 Å². The van der Waals surface area contributed by atoms with Gasteiger partial charge in [0.15, 0.2) is 0 Å². The molecule has 0 fully saturated rings. The van der Waals surface area contributed by atoms with Gasteiger partial charge < -0.3 is 4.74 Å². The van der Waals surface area contributed by atoms with Crippen LogP contribution in [0.4, 0.5) is 0 Å². The number of ether oxygens (including phenoxy) is 1. The first-order chi connectivity index (χ1) is 7.84. The summed E-state index contributed by atoms with van der Waals surface area (Å²) in [5.74, 6) is 0.0388. The highest BCUT2D eigenvalue weighted by atomic mass is 16.5. The van der Waals surface area contributed by atoms with Gasteiger partial charge in [0.1, 0.15) is 0 Å². The summed E-state index contributed by atoms with van der Waals surface area (Å²) >= 11 is 0. The molecule has 0 saturated carbocycles. The zero-order chi connectivity index (χ0) is 11.6. The van der Waals surface area contributed by atoms with Crippen molar-refractivity contribution in [1.82, 2.24) is 0 Å². The van der Waals surface area contributed by atoms with E-state index in [1.54, 1.807) is 0 Å². The van der Waals surface area contributed by atoms with Gasteiger partial charge in [-0.05, 0) is 44.9 Å². The molecule has 0 amide bonds. The monoisotopic (exact) mass is 222 g/mol. The number of hydrogen-bond donors (Lipinski definition) is 0. The smallest absolute Gasteiger partial charge is 0.308 e. The van der Waals surface area contributed by atoms with E-state index in [2.05, 4.69) is 24.3 Å². The summed E-state index contributed by atoms with van der Waals surface area (Å²) in [7, 11) is 1.48. The van der Waals surface area contributed by atoms with E-state index in [0.717, 1.165) is 44.9 Å². The molecule has 16 heavy (non-hydrogen) atoms. The molecular weight excluding hydrogens is 200 g/mol. The van der Waals surface area contributed by atoms with Gasteiger partial charge >= 0.3 is 5.97 Å². The summed E-state index contributed by atoms with van der Waals surface area (Å²) in [5, 5.41) is 0. The molecule has 0 N–H and O–H groups in total. The molecule has 0 aromatic carbocycles. The molecule has 1 atom stereocenters. The van der Waals surface area contributed by atoms with Crippen molar-refractivity contribution in [3.8, 4) is 0 Å². The number of methoxy groups -OCH3 is 1. The van der Waals surface area contributed by atoms with Gasteiger partial charge in [-0.15, -0.1) is 0 Å². The Labute approximate surface area is 98.4 Å². The zero-order valence-corrected chi connectivity index (χ0v) is 10.2. The molecule has 1 rings (SSSR count). The third-order valence-electron chi connectivity index (χ3n) is 2.97. The van der Waals surface area contributed by atoms with Crippen molar-refractivity contribution in [2.75, 3.05) is 7.11 Å². The van der Waals surface area contributed by atoms with Gasteiger partial charge in [0.25, 0.3) is 0 Å². The lowest BCUT2D eigenvalue weighted by molar-refractivity contribution is -0.145. The molecule has 1 aliphatic carbocycles. The van der Waals surface area contributed by atoms with Gasteiger partial charge in [0.2, 0.25) is 0 Å². The van der Waals surface area contributed by atoms with E-state index >= 15 is 0 Å². The summed E-state index contributed by atoms with van der Waals surface area (Å²) in [5.41, 5.74) is 0. The zero-order valence-electron chi connectivity index (χ0n) is 10.2. The topological polar surface area (TPSA) is 26.3 Å². The molecule has 1 aliphatic rings. The maximum Gasteiger partial charge on any atom is 0.308 e. The molecule has 0 aromatic rings. The second-order valence-corrected chi connectivity index (χ2v) is 4.25. The van der Waals surface area contributed by atoms with Crippen LogP contribution < -0.4 is 0 Å². The van der Waals surface area contributed by atoms with Crippen molar-refractivity contribution >= 4 is 5.97 Å². The number of rotatable bonds is 1. The van der Waals surface area contributed by atoms with Gasteiger partial charge in [0.05, 0.1) is 13.0 Å². The Kier molecular flexibility index (Phi) is 6.62. The maximum atomic E-state index is 11.5. The molecule has 0 bridgehead atoms. The van der Waals surface area contributed by atoms with Crippen molar-refractivity contribution in [2.24, 2.45) is 5.92 Å². The van der Waals surface area contributed by atoms with Gasteiger partial charge in [0, 0.05) is 0 Å². The van der Waals surface area contributed by atoms with Crippen molar-refractivity contribution in [1.29, 1.82) is 0 Å². The molecule has 0 aliphatic heterocycles. The van der Waals surface area contributed by atoms with Crippen LogP contribution in [0.15, 0.2) is 24.3 Å². The number of allylic oxidation sites excluding steroid dienone is 4. The molecule has 2 heteroatoms. The first kappa shape index (κ1) is 13.0. The number of carbonyl (C=O) groups excluding carboxylic acids is 1. The van der Waals surface area contributed by atoms with Crippen LogP contribution >= 0.6 is 0 Å². The SMILES string of the molecule is COC(=O)C1CC/C=C/CC/C=C/CCC1. The summed E-state index contributed by atoms with van der Waals surface area (Å²) in [4.78, 5) is 11.5. The summed E-state index contributed by atoms with van der Waals surface area (Å²) in [6.45, 7) is 0. The molecule has 0 spiro atoms. The number of hydrogen-bond acceptors (Lipinski definition) is 2. The van der Waals surface area contributed by atoms with Gasteiger partial charge in [-0.1, -0.05) is 24.3 Å². The van der Waals surface area contributed by atoms with Crippen LogP contribution in [0.5, 0.6) is 0 Å². The second-order valence-electron chi connectivity index (χ2n) is 4.25. The molecule has 0 aromatic heterocycles. The van der Waals surface area contributed by atoms with E-state index in [9.17, 15) is 4.79 Å². The van der Waals surface area contributed by atoms with Crippen LogP contribution in [0.1, 0.15) is 44.9 Å². The number of esters is 1. The highest BCUT2D eigenvalue weighted by Crippen LogP contribution is 2.18. The van der Waals surface area contributed by atoms with Crippen LogP contribution in [-0.2, 0) is 9.53 Å². The van der Waals surface area contributed by atoms with Crippen molar-refractivity contribution in [2.45, 2.75) is 44.9 Å². The van der Waals surface area contributed by atoms with Crippen LogP contribution in [0, 0.1) is 5.92 Å². The van der Waals surface area contributed by atoms with Crippen molar-refractivity contribution < 1.29 is 9.53 Å². The lowest BCUT2D eigenvalue weighted by atomic mass is 9.96. The van der Waals surface area contributed by atoms with Crippen LogP contribution in [0.2, 0.25) is 0 Å². The summed E-state index contributed by atoms with van der Waals surface area (Å²) in [6, 6.07) is 0. The molecule has 0 radical (unpaired) electrons. The van der Waals surface area contributed by atoms with E-state index < -0.39 is 0 Å². The minimum Gasteiger partial charge on any atom is -0.469 e. The first-order valence-corrected chi connectivity index (χ1v) is 6.22. The fourth-order valence-electron chi connectivity index (χ4n) is 1.99. The third-order valence-corrected chi connectivity index (χ3v) is 2.97. The Bertz CT molecular complexity index is 253. The molecular formula is C14H22O2. The minimum atomic E-state index is -0.0468. The largest absolute Gasteiger partial charge is 0.469 e. The average molecular weight is 222 g/mol. The van der Waals surface area contributed by atoms with E-state index in [1.165, 1.54) is 7.11 Å². The Morgan fingerprint density at radius 3 is 2.31 bits per heavy atom. The Balaban J connectivity index is 2.47. The highest BCUT2D eigenvalue weighted by molar-refractivity contribution is 5.72. The van der Waals surface area contributed by atoms with E-state index in [-0.39, 0.29) is 11.9 Å². The third kappa shape index (κ3) is 5.15. The lowest BCUT2D eigenvalue weighted by Crippen LogP contribution is -2.16.